The SMILES string of the molecule is COC(=O)c1ccc2c(c1N)CN(C(C)C(C)C)C2. The molecule has 0 aliphatic carbocycles. The maximum Gasteiger partial charge on any atom is 0.339 e. The Kier molecular flexibility index (Phi) is 3.80. The summed E-state index contributed by atoms with van der Waals surface area (Å²) in [6.45, 7) is 8.38. The fraction of sp³-hybridized carbons (Fsp3) is 0.533. The fourth-order valence-corrected chi connectivity index (χ4v) is 2.52. The number of methoxy groups -OCH3 is 1. The molecular formula is C15H22N2O2. The van der Waals surface area contributed by atoms with Crippen LogP contribution in [-0.4, -0.2) is 24.0 Å². The first-order valence-corrected chi connectivity index (χ1v) is 6.68. The summed E-state index contributed by atoms with van der Waals surface area (Å²) in [5.74, 6) is 0.228. The van der Waals surface area contributed by atoms with E-state index in [1.807, 2.05) is 6.07 Å². The number of ether oxygens (including phenoxy) is 1. The molecule has 1 unspecified atom stereocenters. The number of carbonyl (C=O) groups excluding carboxylic acids is 1. The minimum atomic E-state index is -0.365. The largest absolute Gasteiger partial charge is 0.465 e. The van der Waals surface area contributed by atoms with Gasteiger partial charge < -0.3 is 10.5 Å². The normalized spacial score (nSPS) is 16.5. The van der Waals surface area contributed by atoms with E-state index in [4.69, 9.17) is 10.5 Å². The first-order chi connectivity index (χ1) is 8.95. The Morgan fingerprint density at radius 1 is 1.32 bits per heavy atom. The molecule has 1 aromatic rings. The van der Waals surface area contributed by atoms with Crippen molar-refractivity contribution in [2.45, 2.75) is 39.9 Å². The second kappa shape index (κ2) is 5.21. The van der Waals surface area contributed by atoms with E-state index in [1.54, 1.807) is 6.07 Å². The first-order valence-electron chi connectivity index (χ1n) is 6.68. The van der Waals surface area contributed by atoms with Gasteiger partial charge in [-0.3, -0.25) is 4.90 Å². The van der Waals surface area contributed by atoms with Crippen molar-refractivity contribution in [1.82, 2.24) is 4.90 Å². The molecular weight excluding hydrogens is 240 g/mol. The van der Waals surface area contributed by atoms with Gasteiger partial charge in [0.15, 0.2) is 0 Å². The molecule has 0 bridgehead atoms. The van der Waals surface area contributed by atoms with E-state index >= 15 is 0 Å². The highest BCUT2D eigenvalue weighted by Gasteiger charge is 2.28. The molecule has 0 spiro atoms. The van der Waals surface area contributed by atoms with Gasteiger partial charge in [-0.25, -0.2) is 4.79 Å². The predicted octanol–water partition coefficient (Wildman–Crippen LogP) is 2.42. The molecule has 104 valence electrons. The predicted molar refractivity (Wildman–Crippen MR) is 75.7 cm³/mol. The van der Waals surface area contributed by atoms with E-state index in [0.717, 1.165) is 18.7 Å². The molecule has 1 atom stereocenters. The number of nitrogen functional groups attached to an aromatic ring is 1. The van der Waals surface area contributed by atoms with Crippen molar-refractivity contribution in [3.8, 4) is 0 Å². The maximum absolute atomic E-state index is 11.6. The summed E-state index contributed by atoms with van der Waals surface area (Å²) in [5.41, 5.74) is 9.47. The summed E-state index contributed by atoms with van der Waals surface area (Å²) < 4.78 is 4.76. The van der Waals surface area contributed by atoms with Gasteiger partial charge in [0.05, 0.1) is 18.4 Å². The highest BCUT2D eigenvalue weighted by atomic mass is 16.5. The van der Waals surface area contributed by atoms with Gasteiger partial charge in [0.25, 0.3) is 0 Å². The van der Waals surface area contributed by atoms with Gasteiger partial charge in [-0.1, -0.05) is 19.9 Å². The lowest BCUT2D eigenvalue weighted by atomic mass is 10.0. The molecule has 2 N–H and O–H groups in total. The quantitative estimate of drug-likeness (QED) is 0.671. The van der Waals surface area contributed by atoms with Crippen molar-refractivity contribution in [3.63, 3.8) is 0 Å². The number of hydrogen-bond acceptors (Lipinski definition) is 4. The van der Waals surface area contributed by atoms with Crippen LogP contribution in [0.3, 0.4) is 0 Å². The number of anilines is 1. The smallest absolute Gasteiger partial charge is 0.339 e. The first kappa shape index (κ1) is 13.9. The Hall–Kier alpha value is -1.55. The van der Waals surface area contributed by atoms with Gasteiger partial charge in [-0.05, 0) is 30.0 Å². The van der Waals surface area contributed by atoms with Crippen LogP contribution >= 0.6 is 0 Å². The summed E-state index contributed by atoms with van der Waals surface area (Å²) in [4.78, 5) is 14.0. The molecule has 0 saturated carbocycles. The maximum atomic E-state index is 11.6. The van der Waals surface area contributed by atoms with Gasteiger partial charge >= 0.3 is 5.97 Å². The second-order valence-corrected chi connectivity index (χ2v) is 5.55. The monoisotopic (exact) mass is 262 g/mol. The summed E-state index contributed by atoms with van der Waals surface area (Å²) in [6, 6.07) is 4.25. The molecule has 0 aromatic heterocycles. The number of esters is 1. The average molecular weight is 262 g/mol. The molecule has 0 fully saturated rings. The second-order valence-electron chi connectivity index (χ2n) is 5.55. The lowest BCUT2D eigenvalue weighted by Crippen LogP contribution is -2.32. The van der Waals surface area contributed by atoms with Crippen LogP contribution in [0.15, 0.2) is 12.1 Å². The van der Waals surface area contributed by atoms with E-state index in [1.165, 1.54) is 12.7 Å². The summed E-state index contributed by atoms with van der Waals surface area (Å²) >= 11 is 0. The summed E-state index contributed by atoms with van der Waals surface area (Å²) in [7, 11) is 1.38. The Morgan fingerprint density at radius 2 is 2.00 bits per heavy atom. The number of nitrogens with two attached hydrogens (primary N) is 1. The summed E-state index contributed by atoms with van der Waals surface area (Å²) in [6.07, 6.45) is 0. The lowest BCUT2D eigenvalue weighted by molar-refractivity contribution is 0.0602. The van der Waals surface area contributed by atoms with E-state index in [2.05, 4.69) is 25.7 Å². The third kappa shape index (κ3) is 2.45. The van der Waals surface area contributed by atoms with Gasteiger partial charge in [0.2, 0.25) is 0 Å². The van der Waals surface area contributed by atoms with Crippen LogP contribution in [0, 0.1) is 5.92 Å². The van der Waals surface area contributed by atoms with Gasteiger partial charge in [-0.15, -0.1) is 0 Å². The van der Waals surface area contributed by atoms with Crippen molar-refractivity contribution in [3.05, 3.63) is 28.8 Å². The van der Waals surface area contributed by atoms with Crippen LogP contribution in [-0.2, 0) is 17.8 Å². The highest BCUT2D eigenvalue weighted by Crippen LogP contribution is 2.32. The Bertz CT molecular complexity index is 497. The van der Waals surface area contributed by atoms with Crippen molar-refractivity contribution in [1.29, 1.82) is 0 Å². The van der Waals surface area contributed by atoms with Crippen molar-refractivity contribution in [2.75, 3.05) is 12.8 Å². The van der Waals surface area contributed by atoms with Crippen LogP contribution in [0.2, 0.25) is 0 Å². The van der Waals surface area contributed by atoms with Crippen molar-refractivity contribution in [2.24, 2.45) is 5.92 Å². The summed E-state index contributed by atoms with van der Waals surface area (Å²) in [5, 5.41) is 0. The van der Waals surface area contributed by atoms with E-state index in [0.29, 0.717) is 23.2 Å². The molecule has 0 saturated heterocycles. The van der Waals surface area contributed by atoms with E-state index in [9.17, 15) is 4.79 Å². The molecule has 0 amide bonds. The Balaban J connectivity index is 2.29. The van der Waals surface area contributed by atoms with E-state index in [-0.39, 0.29) is 5.97 Å². The number of nitrogens with zero attached hydrogens (tertiary/aromatic N) is 1. The van der Waals surface area contributed by atoms with Crippen LogP contribution in [0.4, 0.5) is 5.69 Å². The average Bonchev–Trinajstić information content (AvgIpc) is 2.82. The molecule has 1 heterocycles. The number of benzene rings is 1. The third-order valence-corrected chi connectivity index (χ3v) is 4.13. The zero-order valence-corrected chi connectivity index (χ0v) is 12.1. The standard InChI is InChI=1S/C15H22N2O2/c1-9(2)10(3)17-7-11-5-6-12(15(18)19-4)14(16)13(11)8-17/h5-6,9-10H,7-8,16H2,1-4H3. The Morgan fingerprint density at radius 3 is 2.58 bits per heavy atom. The molecule has 4 nitrogen and oxygen atoms in total. The molecule has 1 aliphatic rings. The minimum Gasteiger partial charge on any atom is -0.465 e. The number of rotatable bonds is 3. The minimum absolute atomic E-state index is 0.365. The van der Waals surface area contributed by atoms with Crippen LogP contribution < -0.4 is 5.73 Å². The van der Waals surface area contributed by atoms with E-state index < -0.39 is 0 Å². The molecule has 4 heteroatoms. The van der Waals surface area contributed by atoms with Crippen LogP contribution in [0.1, 0.15) is 42.3 Å². The zero-order valence-electron chi connectivity index (χ0n) is 12.1. The topological polar surface area (TPSA) is 55.6 Å². The molecule has 2 rings (SSSR count). The third-order valence-electron chi connectivity index (χ3n) is 4.13. The number of carbonyl (C=O) groups is 1. The lowest BCUT2D eigenvalue weighted by Gasteiger charge is -2.27. The zero-order chi connectivity index (χ0) is 14.2. The Labute approximate surface area is 114 Å². The highest BCUT2D eigenvalue weighted by molar-refractivity contribution is 5.96. The number of hydrogen-bond donors (Lipinski definition) is 1. The van der Waals surface area contributed by atoms with Gasteiger partial charge in [0.1, 0.15) is 0 Å². The molecule has 19 heavy (non-hydrogen) atoms. The van der Waals surface area contributed by atoms with Crippen LogP contribution in [0.25, 0.3) is 0 Å². The molecule has 0 radical (unpaired) electrons. The van der Waals surface area contributed by atoms with Crippen molar-refractivity contribution < 1.29 is 9.53 Å². The fourth-order valence-electron chi connectivity index (χ4n) is 2.52. The van der Waals surface area contributed by atoms with Crippen molar-refractivity contribution >= 4 is 11.7 Å². The van der Waals surface area contributed by atoms with Gasteiger partial charge in [0, 0.05) is 19.1 Å². The molecule has 1 aliphatic heterocycles. The molecule has 1 aromatic carbocycles. The number of fused-ring (bicyclic) bond motifs is 1. The van der Waals surface area contributed by atoms with Gasteiger partial charge in [-0.2, -0.15) is 0 Å². The van der Waals surface area contributed by atoms with Crippen LogP contribution in [0.5, 0.6) is 0 Å².